The summed E-state index contributed by atoms with van der Waals surface area (Å²) in [5, 5.41) is 3.41. The summed E-state index contributed by atoms with van der Waals surface area (Å²) in [5.74, 6) is 2.00. The Labute approximate surface area is 149 Å². The average molecular weight is 362 g/mol. The van der Waals surface area contributed by atoms with Crippen molar-refractivity contribution in [2.45, 2.75) is 0 Å². The minimum Gasteiger partial charge on any atom is -0.495 e. The van der Waals surface area contributed by atoms with E-state index < -0.39 is 0 Å². The molecule has 24 heavy (non-hydrogen) atoms. The predicted octanol–water partition coefficient (Wildman–Crippen LogP) is 5.16. The molecule has 0 saturated heterocycles. The van der Waals surface area contributed by atoms with E-state index in [9.17, 15) is 0 Å². The summed E-state index contributed by atoms with van der Waals surface area (Å²) < 4.78 is 16.0. The largest absolute Gasteiger partial charge is 0.495 e. The van der Waals surface area contributed by atoms with Crippen LogP contribution < -0.4 is 14.2 Å². The van der Waals surface area contributed by atoms with Crippen LogP contribution in [0.25, 0.3) is 21.8 Å². The highest BCUT2D eigenvalue weighted by molar-refractivity contribution is 7.13. The molecule has 124 valence electrons. The van der Waals surface area contributed by atoms with Crippen molar-refractivity contribution in [3.05, 3.63) is 46.8 Å². The molecule has 0 aliphatic rings. The van der Waals surface area contributed by atoms with Crippen molar-refractivity contribution in [3.8, 4) is 39.1 Å². The maximum Gasteiger partial charge on any atom is 0.170 e. The fourth-order valence-electron chi connectivity index (χ4n) is 2.41. The summed E-state index contributed by atoms with van der Waals surface area (Å²) in [6.45, 7) is 0. The van der Waals surface area contributed by atoms with E-state index in [-0.39, 0.29) is 0 Å². The SMILES string of the molecule is COc1ccc(-c2csc(-c3cccc(OC)c3OC)n2)cc1Cl. The summed E-state index contributed by atoms with van der Waals surface area (Å²) in [6, 6.07) is 11.4. The van der Waals surface area contributed by atoms with Crippen LogP contribution in [-0.2, 0) is 0 Å². The van der Waals surface area contributed by atoms with Gasteiger partial charge < -0.3 is 14.2 Å². The number of aromatic nitrogens is 1. The van der Waals surface area contributed by atoms with Gasteiger partial charge in [-0.15, -0.1) is 11.3 Å². The van der Waals surface area contributed by atoms with E-state index in [1.54, 1.807) is 32.7 Å². The van der Waals surface area contributed by atoms with Crippen molar-refractivity contribution in [2.24, 2.45) is 0 Å². The van der Waals surface area contributed by atoms with Crippen LogP contribution in [0.15, 0.2) is 41.8 Å². The van der Waals surface area contributed by atoms with Crippen molar-refractivity contribution < 1.29 is 14.2 Å². The van der Waals surface area contributed by atoms with Crippen LogP contribution >= 0.6 is 22.9 Å². The number of nitrogens with zero attached hydrogens (tertiary/aromatic N) is 1. The summed E-state index contributed by atoms with van der Waals surface area (Å²) >= 11 is 7.75. The van der Waals surface area contributed by atoms with Crippen LogP contribution in [0.4, 0.5) is 0 Å². The van der Waals surface area contributed by atoms with Crippen LogP contribution in [0.2, 0.25) is 5.02 Å². The Morgan fingerprint density at radius 3 is 2.42 bits per heavy atom. The number of benzene rings is 2. The second-order valence-corrected chi connectivity index (χ2v) is 6.19. The zero-order valence-corrected chi connectivity index (χ0v) is 15.1. The molecule has 0 radical (unpaired) electrons. The second kappa shape index (κ2) is 7.11. The van der Waals surface area contributed by atoms with E-state index in [1.807, 2.05) is 41.8 Å². The molecule has 2 aromatic carbocycles. The van der Waals surface area contributed by atoms with Crippen molar-refractivity contribution >= 4 is 22.9 Å². The fourth-order valence-corrected chi connectivity index (χ4v) is 3.52. The standard InChI is InChI=1S/C18H16ClNO3S/c1-21-15-8-7-11(9-13(15)19)14-10-24-18(20-14)12-5-4-6-16(22-2)17(12)23-3/h4-10H,1-3H3. The predicted molar refractivity (Wildman–Crippen MR) is 97.7 cm³/mol. The lowest BCUT2D eigenvalue weighted by Crippen LogP contribution is -1.93. The first-order valence-electron chi connectivity index (χ1n) is 7.18. The Bertz CT molecular complexity index is 863. The molecule has 3 rings (SSSR count). The first-order chi connectivity index (χ1) is 11.7. The fraction of sp³-hybridized carbons (Fsp3) is 0.167. The van der Waals surface area contributed by atoms with E-state index in [2.05, 4.69) is 0 Å². The minimum absolute atomic E-state index is 0.559. The van der Waals surface area contributed by atoms with E-state index in [1.165, 1.54) is 0 Å². The number of para-hydroxylation sites is 1. The molecule has 0 N–H and O–H groups in total. The molecule has 0 atom stereocenters. The molecule has 0 aliphatic heterocycles. The maximum absolute atomic E-state index is 6.20. The summed E-state index contributed by atoms with van der Waals surface area (Å²) in [6.07, 6.45) is 0. The number of rotatable bonds is 5. The van der Waals surface area contributed by atoms with Crippen molar-refractivity contribution in [2.75, 3.05) is 21.3 Å². The van der Waals surface area contributed by atoms with Crippen LogP contribution in [0.5, 0.6) is 17.2 Å². The van der Waals surface area contributed by atoms with Crippen LogP contribution in [0, 0.1) is 0 Å². The molecule has 0 aliphatic carbocycles. The minimum atomic E-state index is 0.559. The van der Waals surface area contributed by atoms with Crippen molar-refractivity contribution in [1.82, 2.24) is 4.98 Å². The van der Waals surface area contributed by atoms with E-state index in [0.29, 0.717) is 22.3 Å². The molecule has 0 spiro atoms. The van der Waals surface area contributed by atoms with Gasteiger partial charge in [-0.2, -0.15) is 0 Å². The average Bonchev–Trinajstić information content (AvgIpc) is 3.10. The lowest BCUT2D eigenvalue weighted by Gasteiger charge is -2.10. The number of halogens is 1. The molecular weight excluding hydrogens is 346 g/mol. The quantitative estimate of drug-likeness (QED) is 0.629. The third-order valence-electron chi connectivity index (χ3n) is 3.59. The number of ether oxygens (including phenoxy) is 3. The van der Waals surface area contributed by atoms with Gasteiger partial charge in [-0.1, -0.05) is 17.7 Å². The molecule has 6 heteroatoms. The topological polar surface area (TPSA) is 40.6 Å². The summed E-state index contributed by atoms with van der Waals surface area (Å²) in [7, 11) is 4.84. The second-order valence-electron chi connectivity index (χ2n) is 4.93. The normalized spacial score (nSPS) is 10.5. The van der Waals surface area contributed by atoms with Crippen molar-refractivity contribution in [1.29, 1.82) is 0 Å². The molecule has 3 aromatic rings. The first kappa shape index (κ1) is 16.6. The van der Waals surface area contributed by atoms with Crippen molar-refractivity contribution in [3.63, 3.8) is 0 Å². The van der Waals surface area contributed by atoms with E-state index in [0.717, 1.165) is 21.8 Å². The molecule has 0 saturated carbocycles. The first-order valence-corrected chi connectivity index (χ1v) is 8.44. The lowest BCUT2D eigenvalue weighted by molar-refractivity contribution is 0.356. The summed E-state index contributed by atoms with van der Waals surface area (Å²) in [5.41, 5.74) is 2.68. The smallest absolute Gasteiger partial charge is 0.170 e. The lowest BCUT2D eigenvalue weighted by atomic mass is 10.1. The Kier molecular flexibility index (Phi) is 4.92. The number of thiazole rings is 1. The van der Waals surface area contributed by atoms with Gasteiger partial charge in [0.2, 0.25) is 0 Å². The van der Waals surface area contributed by atoms with Gasteiger partial charge in [0, 0.05) is 10.9 Å². The molecular formula is C18H16ClNO3S. The van der Waals surface area contributed by atoms with E-state index >= 15 is 0 Å². The van der Waals surface area contributed by atoms with Crippen LogP contribution in [-0.4, -0.2) is 26.3 Å². The van der Waals surface area contributed by atoms with Gasteiger partial charge in [0.1, 0.15) is 10.8 Å². The van der Waals surface area contributed by atoms with Gasteiger partial charge in [-0.05, 0) is 30.3 Å². The highest BCUT2D eigenvalue weighted by Crippen LogP contribution is 2.40. The number of hydrogen-bond acceptors (Lipinski definition) is 5. The zero-order chi connectivity index (χ0) is 17.1. The Morgan fingerprint density at radius 2 is 1.75 bits per heavy atom. The van der Waals surface area contributed by atoms with Gasteiger partial charge in [0.05, 0.1) is 37.6 Å². The van der Waals surface area contributed by atoms with E-state index in [4.69, 9.17) is 30.8 Å². The van der Waals surface area contributed by atoms with Gasteiger partial charge >= 0.3 is 0 Å². The monoisotopic (exact) mass is 361 g/mol. The molecule has 0 amide bonds. The van der Waals surface area contributed by atoms with Crippen LogP contribution in [0.3, 0.4) is 0 Å². The molecule has 1 heterocycles. The number of methoxy groups -OCH3 is 3. The summed E-state index contributed by atoms with van der Waals surface area (Å²) in [4.78, 5) is 4.71. The molecule has 0 bridgehead atoms. The maximum atomic E-state index is 6.20. The molecule has 0 fully saturated rings. The Morgan fingerprint density at radius 1 is 0.958 bits per heavy atom. The Hall–Kier alpha value is -2.24. The van der Waals surface area contributed by atoms with Gasteiger partial charge in [-0.3, -0.25) is 0 Å². The number of hydrogen-bond donors (Lipinski definition) is 0. The van der Waals surface area contributed by atoms with Gasteiger partial charge in [-0.25, -0.2) is 4.98 Å². The third-order valence-corrected chi connectivity index (χ3v) is 4.76. The van der Waals surface area contributed by atoms with Gasteiger partial charge in [0.25, 0.3) is 0 Å². The molecule has 1 aromatic heterocycles. The highest BCUT2D eigenvalue weighted by Gasteiger charge is 2.15. The third kappa shape index (κ3) is 3.05. The molecule has 0 unspecified atom stereocenters. The van der Waals surface area contributed by atoms with Gasteiger partial charge in [0.15, 0.2) is 11.5 Å². The highest BCUT2D eigenvalue weighted by atomic mass is 35.5. The zero-order valence-electron chi connectivity index (χ0n) is 13.5. The van der Waals surface area contributed by atoms with Crippen LogP contribution in [0.1, 0.15) is 0 Å². The molecule has 4 nitrogen and oxygen atoms in total. The Balaban J connectivity index is 2.01.